The lowest BCUT2D eigenvalue weighted by molar-refractivity contribution is -0.124. The van der Waals surface area contributed by atoms with E-state index in [0.29, 0.717) is 22.7 Å². The van der Waals surface area contributed by atoms with Crippen LogP contribution in [0, 0.1) is 13.8 Å². The Kier molecular flexibility index (Phi) is 6.80. The average Bonchev–Trinajstić information content (AvgIpc) is 3.08. The second kappa shape index (κ2) is 9.32. The van der Waals surface area contributed by atoms with E-state index in [9.17, 15) is 9.59 Å². The van der Waals surface area contributed by atoms with Gasteiger partial charge < -0.3 is 15.0 Å². The number of ether oxygens (including phenoxy) is 1. The standard InChI is InChI=1S/C22H21Cl2N3O3/c1-4-18(21(28)27-17-7-5-6-16(23)19(17)24)30-22(29)15-10-8-14(9-11-15)20-25-12(2)13(3)26-20/h5-11,18H,4H2,1-3H3,(H,25,26)(H,27,28). The Morgan fingerprint density at radius 2 is 1.83 bits per heavy atom. The van der Waals surface area contributed by atoms with Crippen LogP contribution in [0.1, 0.15) is 35.1 Å². The summed E-state index contributed by atoms with van der Waals surface area (Å²) >= 11 is 12.1. The van der Waals surface area contributed by atoms with Gasteiger partial charge in [0.2, 0.25) is 0 Å². The number of benzene rings is 2. The van der Waals surface area contributed by atoms with Crippen molar-refractivity contribution in [3.8, 4) is 11.4 Å². The molecule has 8 heteroatoms. The van der Waals surface area contributed by atoms with Gasteiger partial charge in [0.25, 0.3) is 5.91 Å². The van der Waals surface area contributed by atoms with Crippen molar-refractivity contribution in [3.63, 3.8) is 0 Å². The van der Waals surface area contributed by atoms with Gasteiger partial charge in [-0.15, -0.1) is 0 Å². The van der Waals surface area contributed by atoms with Crippen LogP contribution >= 0.6 is 23.2 Å². The number of hydrogen-bond donors (Lipinski definition) is 2. The molecule has 2 aromatic carbocycles. The van der Waals surface area contributed by atoms with Crippen molar-refractivity contribution in [2.75, 3.05) is 5.32 Å². The fraction of sp³-hybridized carbons (Fsp3) is 0.227. The summed E-state index contributed by atoms with van der Waals surface area (Å²) in [6.45, 7) is 5.62. The average molecular weight is 446 g/mol. The molecule has 0 fully saturated rings. The van der Waals surface area contributed by atoms with Crippen LogP contribution < -0.4 is 5.32 Å². The van der Waals surface area contributed by atoms with Crippen molar-refractivity contribution in [1.29, 1.82) is 0 Å². The fourth-order valence-corrected chi connectivity index (χ4v) is 3.13. The number of carbonyl (C=O) groups excluding carboxylic acids is 2. The lowest BCUT2D eigenvalue weighted by Gasteiger charge is -2.17. The minimum Gasteiger partial charge on any atom is -0.449 e. The fourth-order valence-electron chi connectivity index (χ4n) is 2.78. The number of H-pyrrole nitrogens is 1. The number of carbonyl (C=O) groups is 2. The Balaban J connectivity index is 1.68. The maximum atomic E-state index is 12.5. The van der Waals surface area contributed by atoms with Crippen molar-refractivity contribution in [3.05, 3.63) is 69.5 Å². The molecule has 1 unspecified atom stereocenters. The first-order valence-electron chi connectivity index (χ1n) is 9.39. The van der Waals surface area contributed by atoms with Crippen LogP contribution in [0.5, 0.6) is 0 Å². The summed E-state index contributed by atoms with van der Waals surface area (Å²) in [5, 5.41) is 3.20. The number of amides is 1. The number of aromatic nitrogens is 2. The number of aryl methyl sites for hydroxylation is 2. The zero-order valence-electron chi connectivity index (χ0n) is 16.8. The van der Waals surface area contributed by atoms with E-state index in [2.05, 4.69) is 15.3 Å². The molecule has 0 aliphatic rings. The highest BCUT2D eigenvalue weighted by atomic mass is 35.5. The van der Waals surface area contributed by atoms with Crippen LogP contribution in [0.4, 0.5) is 5.69 Å². The molecule has 0 aliphatic heterocycles. The van der Waals surface area contributed by atoms with Crippen LogP contribution in [0.2, 0.25) is 10.0 Å². The van der Waals surface area contributed by atoms with E-state index in [1.165, 1.54) is 0 Å². The molecule has 0 radical (unpaired) electrons. The number of nitrogens with one attached hydrogen (secondary N) is 2. The highest BCUT2D eigenvalue weighted by Gasteiger charge is 2.23. The molecule has 6 nitrogen and oxygen atoms in total. The molecule has 1 aromatic heterocycles. The van der Waals surface area contributed by atoms with Gasteiger partial charge in [0.05, 0.1) is 27.0 Å². The van der Waals surface area contributed by atoms with Gasteiger partial charge in [0, 0.05) is 11.3 Å². The zero-order valence-corrected chi connectivity index (χ0v) is 18.3. The van der Waals surface area contributed by atoms with Gasteiger partial charge in [-0.1, -0.05) is 48.3 Å². The number of hydrogen-bond acceptors (Lipinski definition) is 4. The minimum absolute atomic E-state index is 0.229. The second-order valence-electron chi connectivity index (χ2n) is 6.77. The lowest BCUT2D eigenvalue weighted by atomic mass is 10.1. The summed E-state index contributed by atoms with van der Waals surface area (Å²) in [5.74, 6) is -0.338. The van der Waals surface area contributed by atoms with Crippen molar-refractivity contribution >= 4 is 40.8 Å². The molecule has 30 heavy (non-hydrogen) atoms. The third kappa shape index (κ3) is 4.83. The molecule has 0 saturated heterocycles. The molecule has 0 bridgehead atoms. The van der Waals surface area contributed by atoms with E-state index in [1.54, 1.807) is 49.4 Å². The molecule has 156 valence electrons. The lowest BCUT2D eigenvalue weighted by Crippen LogP contribution is -2.32. The van der Waals surface area contributed by atoms with Crippen LogP contribution in [-0.2, 0) is 9.53 Å². The van der Waals surface area contributed by atoms with Crippen molar-refractivity contribution in [2.45, 2.75) is 33.3 Å². The summed E-state index contributed by atoms with van der Waals surface area (Å²) in [7, 11) is 0. The molecule has 0 aliphatic carbocycles. The van der Waals surface area contributed by atoms with Crippen LogP contribution in [0.25, 0.3) is 11.4 Å². The molecule has 1 atom stereocenters. The van der Waals surface area contributed by atoms with Crippen molar-refractivity contribution < 1.29 is 14.3 Å². The van der Waals surface area contributed by atoms with Crippen molar-refractivity contribution in [1.82, 2.24) is 9.97 Å². The monoisotopic (exact) mass is 445 g/mol. The zero-order chi connectivity index (χ0) is 21.8. The van der Waals surface area contributed by atoms with Crippen LogP contribution in [-0.4, -0.2) is 27.9 Å². The van der Waals surface area contributed by atoms with Crippen molar-refractivity contribution in [2.24, 2.45) is 0 Å². The van der Waals surface area contributed by atoms with Gasteiger partial charge in [-0.3, -0.25) is 4.79 Å². The Labute approximate surface area is 184 Å². The van der Waals surface area contributed by atoms with E-state index in [1.807, 2.05) is 13.8 Å². The number of aromatic amines is 1. The minimum atomic E-state index is -0.970. The molecule has 0 saturated carbocycles. The maximum absolute atomic E-state index is 12.5. The van der Waals surface area contributed by atoms with E-state index in [0.717, 1.165) is 22.8 Å². The number of nitrogens with zero attached hydrogens (tertiary/aromatic N) is 1. The number of anilines is 1. The number of esters is 1. The quantitative estimate of drug-likeness (QED) is 0.485. The third-order valence-electron chi connectivity index (χ3n) is 4.64. The Hall–Kier alpha value is -2.83. The molecule has 1 amide bonds. The highest BCUT2D eigenvalue weighted by Crippen LogP contribution is 2.29. The summed E-state index contributed by atoms with van der Waals surface area (Å²) in [6.07, 6.45) is -0.665. The highest BCUT2D eigenvalue weighted by molar-refractivity contribution is 6.44. The molecular formula is C22H21Cl2N3O3. The predicted octanol–water partition coefficient (Wildman–Crippen LogP) is 5.57. The molecule has 1 heterocycles. The van der Waals surface area contributed by atoms with Gasteiger partial charge in [-0.05, 0) is 44.5 Å². The molecule has 2 N–H and O–H groups in total. The Morgan fingerprint density at radius 3 is 2.43 bits per heavy atom. The number of halogens is 2. The molecule has 3 aromatic rings. The SMILES string of the molecule is CCC(OC(=O)c1ccc(-c2nc(C)c(C)[nH]2)cc1)C(=O)Nc1cccc(Cl)c1Cl. The Morgan fingerprint density at radius 1 is 1.13 bits per heavy atom. The maximum Gasteiger partial charge on any atom is 0.338 e. The summed E-state index contributed by atoms with van der Waals surface area (Å²) in [4.78, 5) is 32.7. The summed E-state index contributed by atoms with van der Waals surface area (Å²) in [6, 6.07) is 11.7. The van der Waals surface area contributed by atoms with Crippen LogP contribution in [0.15, 0.2) is 42.5 Å². The topological polar surface area (TPSA) is 84.1 Å². The van der Waals surface area contributed by atoms with E-state index in [4.69, 9.17) is 27.9 Å². The van der Waals surface area contributed by atoms with E-state index < -0.39 is 18.0 Å². The Bertz CT molecular complexity index is 1060. The number of rotatable bonds is 6. The van der Waals surface area contributed by atoms with Gasteiger partial charge in [0.1, 0.15) is 5.82 Å². The molecule has 3 rings (SSSR count). The summed E-state index contributed by atoms with van der Waals surface area (Å²) in [5.41, 5.74) is 3.46. The van der Waals surface area contributed by atoms with Crippen LogP contribution in [0.3, 0.4) is 0 Å². The van der Waals surface area contributed by atoms with Gasteiger partial charge in [-0.2, -0.15) is 0 Å². The number of imidazole rings is 1. The van der Waals surface area contributed by atoms with Gasteiger partial charge in [0.15, 0.2) is 6.10 Å². The third-order valence-corrected chi connectivity index (χ3v) is 5.46. The summed E-state index contributed by atoms with van der Waals surface area (Å²) < 4.78 is 5.41. The largest absolute Gasteiger partial charge is 0.449 e. The van der Waals surface area contributed by atoms with E-state index in [-0.39, 0.29) is 5.02 Å². The second-order valence-corrected chi connectivity index (χ2v) is 7.55. The van der Waals surface area contributed by atoms with E-state index >= 15 is 0 Å². The first kappa shape index (κ1) is 21.9. The normalized spacial score (nSPS) is 11.8. The first-order valence-corrected chi connectivity index (χ1v) is 10.1. The van der Waals surface area contributed by atoms with Gasteiger partial charge >= 0.3 is 5.97 Å². The van der Waals surface area contributed by atoms with Gasteiger partial charge in [-0.25, -0.2) is 9.78 Å². The first-order chi connectivity index (χ1) is 14.3. The predicted molar refractivity (Wildman–Crippen MR) is 118 cm³/mol. The molecule has 0 spiro atoms. The smallest absolute Gasteiger partial charge is 0.338 e. The molecular weight excluding hydrogens is 425 g/mol.